The van der Waals surface area contributed by atoms with Crippen LogP contribution in [0.2, 0.25) is 0 Å². The Bertz CT molecular complexity index is 735. The van der Waals surface area contributed by atoms with E-state index >= 15 is 0 Å². The summed E-state index contributed by atoms with van der Waals surface area (Å²) in [4.78, 5) is 26.6. The van der Waals surface area contributed by atoms with Gasteiger partial charge in [-0.1, -0.05) is 36.4 Å². The number of carbonyl (C=O) groups is 2. The van der Waals surface area contributed by atoms with Gasteiger partial charge < -0.3 is 4.90 Å². The van der Waals surface area contributed by atoms with Gasteiger partial charge in [-0.05, 0) is 23.8 Å². The van der Waals surface area contributed by atoms with E-state index in [2.05, 4.69) is 0 Å². The van der Waals surface area contributed by atoms with E-state index in [0.717, 1.165) is 11.3 Å². The van der Waals surface area contributed by atoms with Gasteiger partial charge in [-0.15, -0.1) is 0 Å². The largest absolute Gasteiger partial charge is 0.378 e. The molecule has 2 aromatic rings. The van der Waals surface area contributed by atoms with Crippen molar-refractivity contribution in [2.75, 3.05) is 19.0 Å². The molecule has 104 valence electrons. The van der Waals surface area contributed by atoms with Gasteiger partial charge in [-0.3, -0.25) is 9.59 Å². The van der Waals surface area contributed by atoms with Gasteiger partial charge in [-0.25, -0.2) is 0 Å². The lowest BCUT2D eigenvalue weighted by Gasteiger charge is -2.12. The first-order chi connectivity index (χ1) is 10.1. The number of fused-ring (bicyclic) bond motifs is 1. The molecule has 0 saturated carbocycles. The molecular formula is C18H15NO2. The summed E-state index contributed by atoms with van der Waals surface area (Å²) in [5.41, 5.74) is 3.12. The van der Waals surface area contributed by atoms with Crippen molar-refractivity contribution in [3.8, 4) is 0 Å². The van der Waals surface area contributed by atoms with Crippen molar-refractivity contribution >= 4 is 23.3 Å². The summed E-state index contributed by atoms with van der Waals surface area (Å²) in [6.45, 7) is 0. The maximum absolute atomic E-state index is 12.3. The summed E-state index contributed by atoms with van der Waals surface area (Å²) in [6.07, 6.45) is 1.68. The summed E-state index contributed by atoms with van der Waals surface area (Å²) in [6, 6.07) is 14.7. The highest BCUT2D eigenvalue weighted by atomic mass is 16.2. The zero-order valence-corrected chi connectivity index (χ0v) is 12.0. The fraction of sp³-hybridized carbons (Fsp3) is 0.111. The number of carbonyl (C=O) groups excluding carboxylic acids is 2. The highest BCUT2D eigenvalue weighted by Gasteiger charge is 2.32. The predicted molar refractivity (Wildman–Crippen MR) is 83.8 cm³/mol. The van der Waals surface area contributed by atoms with Crippen LogP contribution in [0.25, 0.3) is 6.08 Å². The second-order valence-corrected chi connectivity index (χ2v) is 5.25. The molecule has 0 radical (unpaired) electrons. The minimum Gasteiger partial charge on any atom is -0.378 e. The van der Waals surface area contributed by atoms with E-state index in [1.165, 1.54) is 0 Å². The second kappa shape index (κ2) is 5.02. The first-order valence-corrected chi connectivity index (χ1v) is 6.75. The number of Topliss-reactive ketones (excluding diaryl/α,β-unsaturated/α-hetero) is 2. The smallest absolute Gasteiger partial charge is 0.197 e. The third-order valence-corrected chi connectivity index (χ3v) is 3.60. The molecule has 0 aliphatic heterocycles. The maximum atomic E-state index is 12.3. The first kappa shape index (κ1) is 13.3. The van der Waals surface area contributed by atoms with Crippen LogP contribution in [0.15, 0.2) is 54.1 Å². The van der Waals surface area contributed by atoms with Gasteiger partial charge in [0.05, 0.1) is 5.57 Å². The average Bonchev–Trinajstić information content (AvgIpc) is 2.73. The fourth-order valence-electron chi connectivity index (χ4n) is 2.46. The molecule has 0 heterocycles. The summed E-state index contributed by atoms with van der Waals surface area (Å²) in [5, 5.41) is 0. The van der Waals surface area contributed by atoms with Crippen LogP contribution in [-0.2, 0) is 0 Å². The topological polar surface area (TPSA) is 37.4 Å². The highest BCUT2D eigenvalue weighted by molar-refractivity contribution is 6.41. The lowest BCUT2D eigenvalue weighted by atomic mass is 10.1. The number of hydrogen-bond acceptors (Lipinski definition) is 3. The van der Waals surface area contributed by atoms with Crippen LogP contribution in [0.3, 0.4) is 0 Å². The molecule has 1 aliphatic carbocycles. The molecule has 1 aliphatic rings. The highest BCUT2D eigenvalue weighted by Crippen LogP contribution is 2.28. The number of allylic oxidation sites excluding steroid dienone is 1. The number of rotatable bonds is 2. The van der Waals surface area contributed by atoms with E-state index in [1.54, 1.807) is 30.3 Å². The molecule has 0 N–H and O–H groups in total. The summed E-state index contributed by atoms with van der Waals surface area (Å²) in [7, 11) is 3.90. The Balaban J connectivity index is 2.04. The standard InChI is InChI=1S/C18H15NO2/c1-19(2)13-7-5-6-12(10-13)11-16-17(20)14-8-3-4-9-15(14)18(16)21/h3-11H,1-2H3. The molecule has 0 bridgehead atoms. The van der Waals surface area contributed by atoms with Gasteiger partial charge in [0.1, 0.15) is 0 Å². The monoisotopic (exact) mass is 277 g/mol. The van der Waals surface area contributed by atoms with Crippen LogP contribution < -0.4 is 4.90 Å². The van der Waals surface area contributed by atoms with Crippen molar-refractivity contribution < 1.29 is 9.59 Å². The molecule has 21 heavy (non-hydrogen) atoms. The lowest BCUT2D eigenvalue weighted by molar-refractivity contribution is 0.0990. The van der Waals surface area contributed by atoms with Gasteiger partial charge >= 0.3 is 0 Å². The fourth-order valence-corrected chi connectivity index (χ4v) is 2.46. The van der Waals surface area contributed by atoms with Crippen LogP contribution in [0.1, 0.15) is 26.3 Å². The predicted octanol–water partition coefficient (Wildman–Crippen LogP) is 3.22. The Hall–Kier alpha value is -2.68. The van der Waals surface area contributed by atoms with E-state index in [0.29, 0.717) is 11.1 Å². The zero-order valence-electron chi connectivity index (χ0n) is 12.0. The number of benzene rings is 2. The lowest BCUT2D eigenvalue weighted by Crippen LogP contribution is -2.08. The minimum atomic E-state index is -0.189. The number of hydrogen-bond donors (Lipinski definition) is 0. The van der Waals surface area contributed by atoms with Gasteiger partial charge in [0.25, 0.3) is 0 Å². The summed E-state index contributed by atoms with van der Waals surface area (Å²) < 4.78 is 0. The van der Waals surface area contributed by atoms with Gasteiger partial charge in [0.15, 0.2) is 11.6 Å². The Morgan fingerprint density at radius 3 is 2.05 bits per heavy atom. The van der Waals surface area contributed by atoms with Crippen LogP contribution >= 0.6 is 0 Å². The summed E-state index contributed by atoms with van der Waals surface area (Å²) in [5.74, 6) is -0.378. The van der Waals surface area contributed by atoms with Crippen molar-refractivity contribution in [1.82, 2.24) is 0 Å². The second-order valence-electron chi connectivity index (χ2n) is 5.25. The Labute approximate surface area is 123 Å². The molecule has 0 atom stereocenters. The molecule has 0 saturated heterocycles. The molecule has 0 aromatic heterocycles. The maximum Gasteiger partial charge on any atom is 0.197 e. The zero-order chi connectivity index (χ0) is 15.0. The Morgan fingerprint density at radius 1 is 0.857 bits per heavy atom. The average molecular weight is 277 g/mol. The van der Waals surface area contributed by atoms with E-state index in [4.69, 9.17) is 0 Å². The third-order valence-electron chi connectivity index (χ3n) is 3.60. The van der Waals surface area contributed by atoms with Crippen molar-refractivity contribution in [3.63, 3.8) is 0 Å². The van der Waals surface area contributed by atoms with Crippen molar-refractivity contribution in [2.45, 2.75) is 0 Å². The summed E-state index contributed by atoms with van der Waals surface area (Å²) >= 11 is 0. The number of ketones is 2. The van der Waals surface area contributed by atoms with E-state index < -0.39 is 0 Å². The molecule has 3 nitrogen and oxygen atoms in total. The van der Waals surface area contributed by atoms with E-state index in [1.807, 2.05) is 43.3 Å². The van der Waals surface area contributed by atoms with E-state index in [9.17, 15) is 9.59 Å². The van der Waals surface area contributed by atoms with Crippen molar-refractivity contribution in [2.24, 2.45) is 0 Å². The molecule has 0 spiro atoms. The van der Waals surface area contributed by atoms with Crippen LogP contribution in [-0.4, -0.2) is 25.7 Å². The van der Waals surface area contributed by atoms with Gasteiger partial charge in [0, 0.05) is 30.9 Å². The minimum absolute atomic E-state index is 0.189. The van der Waals surface area contributed by atoms with Crippen LogP contribution in [0.5, 0.6) is 0 Å². The molecule has 0 fully saturated rings. The molecule has 2 aromatic carbocycles. The van der Waals surface area contributed by atoms with Crippen molar-refractivity contribution in [1.29, 1.82) is 0 Å². The van der Waals surface area contributed by atoms with Crippen LogP contribution in [0, 0.1) is 0 Å². The quantitative estimate of drug-likeness (QED) is 0.625. The molecule has 3 heteroatoms. The third kappa shape index (κ3) is 2.27. The SMILES string of the molecule is CN(C)c1cccc(C=C2C(=O)c3ccccc3C2=O)c1. The molecule has 0 unspecified atom stereocenters. The normalized spacial score (nSPS) is 13.3. The Kier molecular flexibility index (Phi) is 3.18. The van der Waals surface area contributed by atoms with Crippen molar-refractivity contribution in [3.05, 3.63) is 70.8 Å². The van der Waals surface area contributed by atoms with Gasteiger partial charge in [0.2, 0.25) is 0 Å². The Morgan fingerprint density at radius 2 is 1.48 bits per heavy atom. The van der Waals surface area contributed by atoms with Gasteiger partial charge in [-0.2, -0.15) is 0 Å². The first-order valence-electron chi connectivity index (χ1n) is 6.75. The molecule has 0 amide bonds. The molecule has 3 rings (SSSR count). The number of anilines is 1. The number of nitrogens with zero attached hydrogens (tertiary/aromatic N) is 1. The van der Waals surface area contributed by atoms with Crippen LogP contribution in [0.4, 0.5) is 5.69 Å². The molecular weight excluding hydrogens is 262 g/mol. The van der Waals surface area contributed by atoms with E-state index in [-0.39, 0.29) is 17.1 Å².